The summed E-state index contributed by atoms with van der Waals surface area (Å²) in [6, 6.07) is 0. The van der Waals surface area contributed by atoms with Crippen LogP contribution in [0.1, 0.15) is 36.0 Å². The molecule has 0 bridgehead atoms. The SMILES string of the molecule is CCN1CN(c2nc(CN3CCOCC3)nc3sc4c(c23)CCCC4)CC1=O. The fraction of sp³-hybridized carbons (Fsp3) is 0.650. The molecule has 0 unspecified atom stereocenters. The van der Waals surface area contributed by atoms with Crippen LogP contribution in [-0.4, -0.2) is 71.7 Å². The molecule has 0 spiro atoms. The Balaban J connectivity index is 1.56. The average Bonchev–Trinajstić information content (AvgIpc) is 3.28. The van der Waals surface area contributed by atoms with Crippen LogP contribution in [0.3, 0.4) is 0 Å². The number of nitrogens with zero attached hydrogens (tertiary/aromatic N) is 5. The number of likely N-dealkylation sites (N-methyl/N-ethyl adjacent to an activating group) is 1. The number of hydrogen-bond acceptors (Lipinski definition) is 7. The second-order valence-electron chi connectivity index (χ2n) is 7.83. The molecular weight excluding hydrogens is 374 g/mol. The largest absolute Gasteiger partial charge is 0.379 e. The van der Waals surface area contributed by atoms with Gasteiger partial charge in [0.1, 0.15) is 23.0 Å². The van der Waals surface area contributed by atoms with Crippen molar-refractivity contribution in [1.82, 2.24) is 19.8 Å². The Labute approximate surface area is 169 Å². The quantitative estimate of drug-likeness (QED) is 0.781. The molecule has 2 fully saturated rings. The zero-order valence-corrected chi connectivity index (χ0v) is 17.3. The zero-order valence-electron chi connectivity index (χ0n) is 16.4. The van der Waals surface area contributed by atoms with E-state index in [-0.39, 0.29) is 5.91 Å². The molecule has 0 atom stereocenters. The number of fused-ring (bicyclic) bond motifs is 3. The minimum Gasteiger partial charge on any atom is -0.379 e. The third-order valence-corrected chi connectivity index (χ3v) is 7.20. The molecule has 1 amide bonds. The number of carbonyl (C=O) groups excluding carboxylic acids is 1. The number of rotatable bonds is 4. The standard InChI is InChI=1S/C20H27N5O2S/c1-2-24-13-25(12-17(24)26)19-18-14-5-3-4-6-15(14)28-20(18)22-16(21-19)11-23-7-9-27-10-8-23/h2-13H2,1H3. The van der Waals surface area contributed by atoms with Crippen LogP contribution in [0.25, 0.3) is 10.2 Å². The molecule has 2 aliphatic heterocycles. The van der Waals surface area contributed by atoms with Gasteiger partial charge in [-0.2, -0.15) is 0 Å². The van der Waals surface area contributed by atoms with Crippen molar-refractivity contribution in [2.45, 2.75) is 39.2 Å². The Morgan fingerprint density at radius 2 is 1.96 bits per heavy atom. The van der Waals surface area contributed by atoms with Crippen molar-refractivity contribution in [3.05, 3.63) is 16.3 Å². The highest BCUT2D eigenvalue weighted by molar-refractivity contribution is 7.19. The van der Waals surface area contributed by atoms with Gasteiger partial charge in [-0.25, -0.2) is 9.97 Å². The third-order valence-electron chi connectivity index (χ3n) is 6.01. The number of anilines is 1. The fourth-order valence-corrected chi connectivity index (χ4v) is 5.73. The zero-order chi connectivity index (χ0) is 19.1. The molecule has 7 nitrogen and oxygen atoms in total. The Kier molecular flexibility index (Phi) is 4.94. The van der Waals surface area contributed by atoms with Gasteiger partial charge in [-0.3, -0.25) is 9.69 Å². The molecule has 8 heteroatoms. The van der Waals surface area contributed by atoms with Crippen LogP contribution in [-0.2, 0) is 28.9 Å². The van der Waals surface area contributed by atoms with E-state index in [0.717, 1.165) is 68.7 Å². The van der Waals surface area contributed by atoms with Gasteiger partial charge in [0, 0.05) is 24.5 Å². The van der Waals surface area contributed by atoms with E-state index in [9.17, 15) is 4.79 Å². The van der Waals surface area contributed by atoms with E-state index in [1.807, 2.05) is 23.2 Å². The number of amides is 1. The number of aryl methyl sites for hydroxylation is 2. The van der Waals surface area contributed by atoms with Gasteiger partial charge >= 0.3 is 0 Å². The van der Waals surface area contributed by atoms with Crippen LogP contribution in [0.15, 0.2) is 0 Å². The molecule has 0 aromatic carbocycles. The molecule has 5 rings (SSSR count). The summed E-state index contributed by atoms with van der Waals surface area (Å²) >= 11 is 1.84. The Bertz CT molecular complexity index is 892. The molecule has 1 aliphatic carbocycles. The van der Waals surface area contributed by atoms with Crippen LogP contribution in [0.2, 0.25) is 0 Å². The molecule has 0 radical (unpaired) electrons. The van der Waals surface area contributed by atoms with Crippen LogP contribution < -0.4 is 4.90 Å². The van der Waals surface area contributed by atoms with E-state index in [0.29, 0.717) is 13.2 Å². The van der Waals surface area contributed by atoms with Crippen molar-refractivity contribution in [3.8, 4) is 0 Å². The topological polar surface area (TPSA) is 61.8 Å². The van der Waals surface area contributed by atoms with Crippen molar-refractivity contribution in [2.75, 3.05) is 51.0 Å². The summed E-state index contributed by atoms with van der Waals surface area (Å²) in [5.41, 5.74) is 1.43. The summed E-state index contributed by atoms with van der Waals surface area (Å²) in [5, 5.41) is 1.20. The highest BCUT2D eigenvalue weighted by atomic mass is 32.1. The van der Waals surface area contributed by atoms with E-state index in [4.69, 9.17) is 14.7 Å². The van der Waals surface area contributed by atoms with E-state index in [1.165, 1.54) is 28.7 Å². The van der Waals surface area contributed by atoms with Gasteiger partial charge < -0.3 is 14.5 Å². The van der Waals surface area contributed by atoms with Crippen molar-refractivity contribution < 1.29 is 9.53 Å². The maximum Gasteiger partial charge on any atom is 0.243 e. The van der Waals surface area contributed by atoms with Crippen molar-refractivity contribution in [1.29, 1.82) is 0 Å². The second-order valence-corrected chi connectivity index (χ2v) is 8.92. The first-order chi connectivity index (χ1) is 13.7. The fourth-order valence-electron chi connectivity index (χ4n) is 4.46. The minimum atomic E-state index is 0.188. The average molecular weight is 402 g/mol. The molecule has 0 N–H and O–H groups in total. The second kappa shape index (κ2) is 7.57. The maximum atomic E-state index is 12.4. The van der Waals surface area contributed by atoms with Crippen LogP contribution >= 0.6 is 11.3 Å². The lowest BCUT2D eigenvalue weighted by atomic mass is 9.97. The van der Waals surface area contributed by atoms with Crippen LogP contribution in [0, 0.1) is 0 Å². The lowest BCUT2D eigenvalue weighted by Crippen LogP contribution is -2.36. The summed E-state index contributed by atoms with van der Waals surface area (Å²) in [7, 11) is 0. The number of ether oxygens (including phenoxy) is 1. The molecule has 28 heavy (non-hydrogen) atoms. The van der Waals surface area contributed by atoms with E-state index >= 15 is 0 Å². The van der Waals surface area contributed by atoms with Gasteiger partial charge in [-0.1, -0.05) is 0 Å². The van der Waals surface area contributed by atoms with Gasteiger partial charge in [-0.15, -0.1) is 11.3 Å². The van der Waals surface area contributed by atoms with Crippen molar-refractivity contribution in [3.63, 3.8) is 0 Å². The number of carbonyl (C=O) groups is 1. The predicted molar refractivity (Wildman–Crippen MR) is 110 cm³/mol. The van der Waals surface area contributed by atoms with Crippen LogP contribution in [0.5, 0.6) is 0 Å². The molecule has 2 aromatic rings. The van der Waals surface area contributed by atoms with Gasteiger partial charge in [-0.05, 0) is 38.2 Å². The summed E-state index contributed by atoms with van der Waals surface area (Å²) < 4.78 is 5.47. The van der Waals surface area contributed by atoms with Crippen molar-refractivity contribution >= 4 is 33.3 Å². The van der Waals surface area contributed by atoms with Gasteiger partial charge in [0.25, 0.3) is 0 Å². The lowest BCUT2D eigenvalue weighted by Gasteiger charge is -2.26. The van der Waals surface area contributed by atoms with Gasteiger partial charge in [0.2, 0.25) is 5.91 Å². The smallest absolute Gasteiger partial charge is 0.243 e. The first kappa shape index (κ1) is 18.3. The molecule has 3 aliphatic rings. The molecule has 0 saturated carbocycles. The summed E-state index contributed by atoms with van der Waals surface area (Å²) in [6.07, 6.45) is 4.74. The summed E-state index contributed by atoms with van der Waals surface area (Å²) in [5.74, 6) is 2.02. The number of thiophene rings is 1. The Morgan fingerprint density at radius 3 is 2.75 bits per heavy atom. The van der Waals surface area contributed by atoms with Gasteiger partial charge in [0.05, 0.1) is 31.8 Å². The number of aromatic nitrogens is 2. The van der Waals surface area contributed by atoms with Crippen LogP contribution in [0.4, 0.5) is 5.82 Å². The molecule has 4 heterocycles. The molecular formula is C20H27N5O2S. The Hall–Kier alpha value is -1.77. The first-order valence-electron chi connectivity index (χ1n) is 10.4. The molecule has 2 aromatic heterocycles. The highest BCUT2D eigenvalue weighted by Crippen LogP contribution is 2.40. The Morgan fingerprint density at radius 1 is 1.14 bits per heavy atom. The molecule has 150 valence electrons. The third kappa shape index (κ3) is 3.27. The molecule has 2 saturated heterocycles. The van der Waals surface area contributed by atoms with E-state index in [1.54, 1.807) is 0 Å². The highest BCUT2D eigenvalue weighted by Gasteiger charge is 2.31. The maximum absolute atomic E-state index is 12.4. The summed E-state index contributed by atoms with van der Waals surface area (Å²) in [4.78, 5) is 31.3. The van der Waals surface area contributed by atoms with Gasteiger partial charge in [0.15, 0.2) is 0 Å². The monoisotopic (exact) mass is 401 g/mol. The van der Waals surface area contributed by atoms with Crippen molar-refractivity contribution in [2.24, 2.45) is 0 Å². The summed E-state index contributed by atoms with van der Waals surface area (Å²) in [6.45, 7) is 7.95. The minimum absolute atomic E-state index is 0.188. The van der Waals surface area contributed by atoms with E-state index in [2.05, 4.69) is 9.80 Å². The predicted octanol–water partition coefficient (Wildman–Crippen LogP) is 2.03. The first-order valence-corrected chi connectivity index (χ1v) is 11.2. The normalized spacial score (nSPS) is 21.0. The number of morpholine rings is 1. The lowest BCUT2D eigenvalue weighted by molar-refractivity contribution is -0.126. The number of hydrogen-bond donors (Lipinski definition) is 0. The van der Waals surface area contributed by atoms with E-state index < -0.39 is 0 Å².